The molecule has 2 aliphatic rings. The van der Waals surface area contributed by atoms with Gasteiger partial charge in [0, 0.05) is 37.3 Å². The van der Waals surface area contributed by atoms with E-state index in [1.165, 1.54) is 19.3 Å². The molecule has 1 aromatic rings. The summed E-state index contributed by atoms with van der Waals surface area (Å²) >= 11 is 0. The Bertz CT molecular complexity index is 625. The van der Waals surface area contributed by atoms with Crippen LogP contribution in [-0.2, 0) is 9.59 Å². The molecule has 2 amide bonds. The second-order valence-corrected chi connectivity index (χ2v) is 7.02. The highest BCUT2D eigenvalue weighted by molar-refractivity contribution is 6.00. The lowest BCUT2D eigenvalue weighted by Crippen LogP contribution is -2.45. The maximum Gasteiger partial charge on any atom is 0.228 e. The Morgan fingerprint density at radius 1 is 1.28 bits per heavy atom. The molecule has 2 fully saturated rings. The molecule has 1 aromatic carbocycles. The predicted molar refractivity (Wildman–Crippen MR) is 97.7 cm³/mol. The summed E-state index contributed by atoms with van der Waals surface area (Å²) in [5.74, 6) is 0.650. The molecule has 25 heavy (non-hydrogen) atoms. The van der Waals surface area contributed by atoms with Gasteiger partial charge < -0.3 is 14.5 Å². The minimum atomic E-state index is -0.236. The maximum atomic E-state index is 13.0. The van der Waals surface area contributed by atoms with Crippen LogP contribution in [-0.4, -0.2) is 43.0 Å². The molecule has 5 nitrogen and oxygen atoms in total. The molecule has 1 aliphatic carbocycles. The van der Waals surface area contributed by atoms with Crippen molar-refractivity contribution in [2.24, 2.45) is 5.92 Å². The minimum absolute atomic E-state index is 0.0197. The Morgan fingerprint density at radius 3 is 2.72 bits per heavy atom. The van der Waals surface area contributed by atoms with Gasteiger partial charge in [0.2, 0.25) is 11.8 Å². The molecule has 3 rings (SSSR count). The van der Waals surface area contributed by atoms with Gasteiger partial charge in [-0.25, -0.2) is 0 Å². The zero-order valence-electron chi connectivity index (χ0n) is 15.2. The summed E-state index contributed by atoms with van der Waals surface area (Å²) < 4.78 is 5.25. The first-order valence-electron chi connectivity index (χ1n) is 9.39. The topological polar surface area (TPSA) is 49.9 Å². The average Bonchev–Trinajstić information content (AvgIpc) is 3.05. The Morgan fingerprint density at radius 2 is 2.04 bits per heavy atom. The van der Waals surface area contributed by atoms with Crippen molar-refractivity contribution < 1.29 is 14.3 Å². The summed E-state index contributed by atoms with van der Waals surface area (Å²) in [6.07, 6.45) is 6.18. The van der Waals surface area contributed by atoms with Crippen molar-refractivity contribution in [3.63, 3.8) is 0 Å². The van der Waals surface area contributed by atoms with Crippen molar-refractivity contribution in [2.45, 2.75) is 51.5 Å². The Hall–Kier alpha value is -2.04. The van der Waals surface area contributed by atoms with Crippen LogP contribution < -0.4 is 9.64 Å². The molecular weight excluding hydrogens is 316 g/mol. The van der Waals surface area contributed by atoms with E-state index in [-0.39, 0.29) is 17.7 Å². The van der Waals surface area contributed by atoms with Gasteiger partial charge >= 0.3 is 0 Å². The van der Waals surface area contributed by atoms with Gasteiger partial charge in [0.1, 0.15) is 5.75 Å². The maximum absolute atomic E-state index is 13.0. The van der Waals surface area contributed by atoms with E-state index in [0.29, 0.717) is 19.0 Å². The van der Waals surface area contributed by atoms with Crippen molar-refractivity contribution in [3.05, 3.63) is 24.3 Å². The first kappa shape index (κ1) is 17.8. The molecule has 0 N–H and O–H groups in total. The Kier molecular flexibility index (Phi) is 5.61. The average molecular weight is 344 g/mol. The highest BCUT2D eigenvalue weighted by Gasteiger charge is 2.38. The van der Waals surface area contributed by atoms with Crippen LogP contribution in [0.5, 0.6) is 5.75 Å². The normalized spacial score (nSPS) is 21.4. The van der Waals surface area contributed by atoms with E-state index in [9.17, 15) is 9.59 Å². The molecular formula is C20H28N2O3. The quantitative estimate of drug-likeness (QED) is 0.824. The monoisotopic (exact) mass is 344 g/mol. The third-order valence-corrected chi connectivity index (χ3v) is 5.48. The predicted octanol–water partition coefficient (Wildman–Crippen LogP) is 3.23. The molecule has 1 saturated heterocycles. The molecule has 0 spiro atoms. The summed E-state index contributed by atoms with van der Waals surface area (Å²) in [6, 6.07) is 7.83. The van der Waals surface area contributed by atoms with Crippen LogP contribution >= 0.6 is 0 Å². The van der Waals surface area contributed by atoms with E-state index < -0.39 is 0 Å². The molecule has 0 radical (unpaired) electrons. The van der Waals surface area contributed by atoms with Gasteiger partial charge in [-0.3, -0.25) is 9.59 Å². The lowest BCUT2D eigenvalue weighted by atomic mass is 9.93. The van der Waals surface area contributed by atoms with Crippen LogP contribution in [0.1, 0.15) is 45.4 Å². The van der Waals surface area contributed by atoms with E-state index in [1.54, 1.807) is 12.0 Å². The van der Waals surface area contributed by atoms with Gasteiger partial charge in [-0.2, -0.15) is 0 Å². The second-order valence-electron chi connectivity index (χ2n) is 7.02. The van der Waals surface area contributed by atoms with Gasteiger partial charge in [-0.05, 0) is 31.9 Å². The van der Waals surface area contributed by atoms with Crippen molar-refractivity contribution in [2.75, 3.05) is 25.1 Å². The smallest absolute Gasteiger partial charge is 0.228 e. The van der Waals surface area contributed by atoms with Gasteiger partial charge in [0.05, 0.1) is 13.0 Å². The SMILES string of the molecule is CCN(C(=O)[C@@H]1CC(=O)N(c2cccc(OC)c2)C1)C1CCCCC1. The van der Waals surface area contributed by atoms with E-state index in [0.717, 1.165) is 30.8 Å². The van der Waals surface area contributed by atoms with Crippen LogP contribution in [0, 0.1) is 5.92 Å². The Labute approximate surface area is 149 Å². The molecule has 1 heterocycles. The molecule has 1 aliphatic heterocycles. The van der Waals surface area contributed by atoms with Crippen LogP contribution in [0.3, 0.4) is 0 Å². The zero-order chi connectivity index (χ0) is 17.8. The second kappa shape index (κ2) is 7.89. The van der Waals surface area contributed by atoms with E-state index in [1.807, 2.05) is 36.1 Å². The highest BCUT2D eigenvalue weighted by atomic mass is 16.5. The number of carbonyl (C=O) groups is 2. The summed E-state index contributed by atoms with van der Waals surface area (Å²) in [7, 11) is 1.61. The number of carbonyl (C=O) groups excluding carboxylic acids is 2. The third-order valence-electron chi connectivity index (χ3n) is 5.48. The lowest BCUT2D eigenvalue weighted by molar-refractivity contribution is -0.138. The van der Waals surface area contributed by atoms with Crippen molar-refractivity contribution in [1.29, 1.82) is 0 Å². The number of amides is 2. The van der Waals surface area contributed by atoms with Crippen LogP contribution in [0.4, 0.5) is 5.69 Å². The van der Waals surface area contributed by atoms with Gasteiger partial charge in [-0.1, -0.05) is 25.3 Å². The molecule has 1 saturated carbocycles. The van der Waals surface area contributed by atoms with Crippen molar-refractivity contribution in [1.82, 2.24) is 4.90 Å². The fraction of sp³-hybridized carbons (Fsp3) is 0.600. The minimum Gasteiger partial charge on any atom is -0.497 e. The van der Waals surface area contributed by atoms with E-state index in [2.05, 4.69) is 0 Å². The largest absolute Gasteiger partial charge is 0.497 e. The number of benzene rings is 1. The van der Waals surface area contributed by atoms with Crippen LogP contribution in [0.2, 0.25) is 0 Å². The number of ether oxygens (including phenoxy) is 1. The van der Waals surface area contributed by atoms with Crippen molar-refractivity contribution in [3.8, 4) is 5.75 Å². The number of hydrogen-bond donors (Lipinski definition) is 0. The fourth-order valence-corrected chi connectivity index (χ4v) is 4.12. The summed E-state index contributed by atoms with van der Waals surface area (Å²) in [4.78, 5) is 29.3. The number of nitrogens with zero attached hydrogens (tertiary/aromatic N) is 2. The van der Waals surface area contributed by atoms with Gasteiger partial charge in [-0.15, -0.1) is 0 Å². The molecule has 5 heteroatoms. The van der Waals surface area contributed by atoms with Crippen molar-refractivity contribution >= 4 is 17.5 Å². The van der Waals surface area contributed by atoms with E-state index in [4.69, 9.17) is 4.74 Å². The summed E-state index contributed by atoms with van der Waals surface area (Å²) in [5, 5.41) is 0. The number of methoxy groups -OCH3 is 1. The molecule has 136 valence electrons. The molecule has 0 bridgehead atoms. The summed E-state index contributed by atoms with van der Waals surface area (Å²) in [5.41, 5.74) is 0.806. The fourth-order valence-electron chi connectivity index (χ4n) is 4.12. The lowest BCUT2D eigenvalue weighted by Gasteiger charge is -2.35. The van der Waals surface area contributed by atoms with E-state index >= 15 is 0 Å². The number of anilines is 1. The Balaban J connectivity index is 1.71. The third kappa shape index (κ3) is 3.80. The number of hydrogen-bond acceptors (Lipinski definition) is 3. The van der Waals surface area contributed by atoms with Crippen LogP contribution in [0.25, 0.3) is 0 Å². The molecule has 0 aromatic heterocycles. The summed E-state index contributed by atoms with van der Waals surface area (Å²) in [6.45, 7) is 3.24. The molecule has 1 atom stereocenters. The number of rotatable bonds is 5. The first-order valence-corrected chi connectivity index (χ1v) is 9.39. The highest BCUT2D eigenvalue weighted by Crippen LogP contribution is 2.30. The standard InChI is InChI=1S/C20H28N2O3/c1-3-21(16-8-5-4-6-9-16)20(24)15-12-19(23)22(14-15)17-10-7-11-18(13-17)25-2/h7,10-11,13,15-16H,3-6,8-9,12,14H2,1-2H3/t15-/m1/s1. The molecule has 0 unspecified atom stereocenters. The van der Waals surface area contributed by atoms with Gasteiger partial charge in [0.15, 0.2) is 0 Å². The first-order chi connectivity index (χ1) is 12.1. The van der Waals surface area contributed by atoms with Crippen LogP contribution in [0.15, 0.2) is 24.3 Å². The van der Waals surface area contributed by atoms with Gasteiger partial charge in [0.25, 0.3) is 0 Å². The zero-order valence-corrected chi connectivity index (χ0v) is 15.2.